The van der Waals surface area contributed by atoms with Gasteiger partial charge >= 0.3 is 0 Å². The molecule has 0 unspecified atom stereocenters. The Kier molecular flexibility index (Phi) is 8.17. The van der Waals surface area contributed by atoms with Crippen molar-refractivity contribution >= 4 is 22.6 Å². The summed E-state index contributed by atoms with van der Waals surface area (Å²) in [6.45, 7) is 4.73. The van der Waals surface area contributed by atoms with E-state index in [1.165, 1.54) is 11.1 Å². The van der Waals surface area contributed by atoms with Crippen LogP contribution in [-0.2, 0) is 11.3 Å². The van der Waals surface area contributed by atoms with Gasteiger partial charge in [-0.1, -0.05) is 42.0 Å². The van der Waals surface area contributed by atoms with E-state index in [1.54, 1.807) is 0 Å². The van der Waals surface area contributed by atoms with Gasteiger partial charge in [-0.15, -0.1) is 0 Å². The van der Waals surface area contributed by atoms with Crippen LogP contribution in [0.15, 0.2) is 77.2 Å². The fraction of sp³-hybridized carbons (Fsp3) is 0.300. The number of hydrogen-bond acceptors (Lipinski definition) is 3. The largest absolute Gasteiger partial charge is 1.00 e. The Balaban J connectivity index is 0.00000304. The van der Waals surface area contributed by atoms with Crippen molar-refractivity contribution in [3.8, 4) is 11.3 Å². The van der Waals surface area contributed by atoms with Gasteiger partial charge in [0.2, 0.25) is 0 Å². The standard InChI is InChI=1S/C30H32N2O3.HI/c1-21-4-8-23(9-5-21)29-19-25-18-24(10-13-28(25)35-29)30(33)31-26-11-6-22(7-12-26)20-32(2,3)27-14-16-34-17-15-27;/h4-13,18-19,27H,14-17,20H2,1-3H3;1H. The summed E-state index contributed by atoms with van der Waals surface area (Å²) in [7, 11) is 4.59. The Morgan fingerprint density at radius 2 is 1.64 bits per heavy atom. The van der Waals surface area contributed by atoms with Crippen molar-refractivity contribution in [3.63, 3.8) is 0 Å². The first kappa shape index (κ1) is 26.4. The van der Waals surface area contributed by atoms with E-state index in [0.717, 1.165) is 65.1 Å². The van der Waals surface area contributed by atoms with E-state index in [0.29, 0.717) is 11.6 Å². The third kappa shape index (κ3) is 5.99. The maximum atomic E-state index is 12.9. The number of rotatable bonds is 6. The first-order valence-electron chi connectivity index (χ1n) is 12.3. The minimum absolute atomic E-state index is 0. The molecule has 0 bridgehead atoms. The number of amides is 1. The maximum Gasteiger partial charge on any atom is 0.255 e. The van der Waals surface area contributed by atoms with E-state index < -0.39 is 0 Å². The molecule has 0 aliphatic carbocycles. The van der Waals surface area contributed by atoms with Crippen LogP contribution in [0.1, 0.15) is 34.3 Å². The average Bonchev–Trinajstić information content (AvgIpc) is 3.29. The molecule has 0 saturated carbocycles. The van der Waals surface area contributed by atoms with Crippen LogP contribution in [0.2, 0.25) is 0 Å². The number of furan rings is 1. The number of fused-ring (bicyclic) bond motifs is 1. The van der Waals surface area contributed by atoms with Gasteiger partial charge in [0, 0.05) is 40.6 Å². The molecule has 0 spiro atoms. The molecule has 5 rings (SSSR count). The summed E-state index contributed by atoms with van der Waals surface area (Å²) in [5.41, 5.74) is 5.67. The minimum Gasteiger partial charge on any atom is -1.00 e. The smallest absolute Gasteiger partial charge is 0.255 e. The number of halogens is 1. The molecule has 1 aromatic heterocycles. The van der Waals surface area contributed by atoms with Gasteiger partial charge in [0.1, 0.15) is 17.9 Å². The summed E-state index contributed by atoms with van der Waals surface area (Å²) < 4.78 is 12.5. The second-order valence-corrected chi connectivity index (χ2v) is 10.2. The first-order chi connectivity index (χ1) is 16.9. The van der Waals surface area contributed by atoms with E-state index in [9.17, 15) is 4.79 Å². The van der Waals surface area contributed by atoms with Gasteiger partial charge in [-0.2, -0.15) is 0 Å². The van der Waals surface area contributed by atoms with E-state index in [2.05, 4.69) is 50.6 Å². The highest BCUT2D eigenvalue weighted by Crippen LogP contribution is 2.29. The molecule has 1 fully saturated rings. The molecule has 3 aromatic carbocycles. The van der Waals surface area contributed by atoms with Gasteiger partial charge in [0.05, 0.1) is 33.4 Å². The summed E-state index contributed by atoms with van der Waals surface area (Å²) >= 11 is 0. The molecule has 5 nitrogen and oxygen atoms in total. The molecule has 6 heteroatoms. The molecule has 0 radical (unpaired) electrons. The van der Waals surface area contributed by atoms with Crippen LogP contribution >= 0.6 is 0 Å². The van der Waals surface area contributed by atoms with E-state index in [4.69, 9.17) is 9.15 Å². The Morgan fingerprint density at radius 3 is 2.33 bits per heavy atom. The highest BCUT2D eigenvalue weighted by molar-refractivity contribution is 6.06. The monoisotopic (exact) mass is 596 g/mol. The molecule has 1 aliphatic heterocycles. The predicted octanol–water partition coefficient (Wildman–Crippen LogP) is 3.42. The highest BCUT2D eigenvalue weighted by atomic mass is 127. The Morgan fingerprint density at radius 1 is 0.944 bits per heavy atom. The molecule has 0 atom stereocenters. The van der Waals surface area contributed by atoms with Gasteiger partial charge < -0.3 is 42.9 Å². The molecule has 1 N–H and O–H groups in total. The van der Waals surface area contributed by atoms with Crippen LogP contribution in [0.4, 0.5) is 5.69 Å². The normalized spacial score (nSPS) is 14.4. The van der Waals surface area contributed by atoms with Crippen molar-refractivity contribution in [3.05, 3.63) is 89.5 Å². The van der Waals surface area contributed by atoms with Gasteiger partial charge in [0.25, 0.3) is 5.91 Å². The average molecular weight is 597 g/mol. The van der Waals surface area contributed by atoms with Crippen molar-refractivity contribution in [2.45, 2.75) is 32.4 Å². The fourth-order valence-electron chi connectivity index (χ4n) is 4.93. The zero-order chi connectivity index (χ0) is 24.4. The van der Waals surface area contributed by atoms with E-state index >= 15 is 0 Å². The summed E-state index contributed by atoms with van der Waals surface area (Å²) in [4.78, 5) is 12.9. The van der Waals surface area contributed by atoms with Crippen LogP contribution in [0.25, 0.3) is 22.3 Å². The number of benzene rings is 3. The molecular weight excluding hydrogens is 563 g/mol. The zero-order valence-electron chi connectivity index (χ0n) is 21.1. The van der Waals surface area contributed by atoms with Gasteiger partial charge in [0.15, 0.2) is 0 Å². The van der Waals surface area contributed by atoms with E-state index in [-0.39, 0.29) is 29.9 Å². The van der Waals surface area contributed by atoms with Crippen LogP contribution in [-0.4, -0.2) is 43.7 Å². The molecule has 2 heterocycles. The summed E-state index contributed by atoms with van der Waals surface area (Å²) in [6, 6.07) is 24.6. The molecule has 1 aliphatic rings. The van der Waals surface area contributed by atoms with Crippen LogP contribution < -0.4 is 29.3 Å². The lowest BCUT2D eigenvalue weighted by atomic mass is 10.0. The number of carbonyl (C=O) groups excluding carboxylic acids is 1. The molecule has 1 saturated heterocycles. The number of nitrogens with one attached hydrogen (secondary N) is 1. The quantitative estimate of drug-likeness (QED) is 0.274. The molecule has 1 amide bonds. The Labute approximate surface area is 230 Å². The van der Waals surface area contributed by atoms with Crippen molar-refractivity contribution in [2.24, 2.45) is 0 Å². The molecular formula is C30H33IN2O3. The third-order valence-electron chi connectivity index (χ3n) is 7.10. The fourth-order valence-corrected chi connectivity index (χ4v) is 4.93. The number of hydrogen-bond donors (Lipinski definition) is 1. The molecule has 188 valence electrons. The lowest BCUT2D eigenvalue weighted by Gasteiger charge is -2.40. The Bertz CT molecular complexity index is 1320. The lowest BCUT2D eigenvalue weighted by Crippen LogP contribution is -3.00. The number of nitrogens with zero attached hydrogens (tertiary/aromatic N) is 1. The maximum absolute atomic E-state index is 12.9. The summed E-state index contributed by atoms with van der Waals surface area (Å²) in [5.74, 6) is 0.672. The number of carbonyl (C=O) groups is 1. The summed E-state index contributed by atoms with van der Waals surface area (Å²) in [5, 5.41) is 3.94. The predicted molar refractivity (Wildman–Crippen MR) is 140 cm³/mol. The molecule has 36 heavy (non-hydrogen) atoms. The van der Waals surface area contributed by atoms with Gasteiger partial charge in [-0.05, 0) is 43.3 Å². The number of quaternary nitrogens is 1. The van der Waals surface area contributed by atoms with Crippen molar-refractivity contribution in [2.75, 3.05) is 32.6 Å². The highest BCUT2D eigenvalue weighted by Gasteiger charge is 2.30. The molecule has 4 aromatic rings. The minimum atomic E-state index is -0.129. The zero-order valence-corrected chi connectivity index (χ0v) is 23.2. The van der Waals surface area contributed by atoms with Crippen LogP contribution in [0.5, 0.6) is 0 Å². The van der Waals surface area contributed by atoms with Gasteiger partial charge in [-0.25, -0.2) is 0 Å². The first-order valence-corrected chi connectivity index (χ1v) is 12.3. The second-order valence-electron chi connectivity index (χ2n) is 10.2. The number of anilines is 1. The van der Waals surface area contributed by atoms with Crippen molar-refractivity contribution < 1.29 is 42.4 Å². The number of ether oxygens (including phenoxy) is 1. The van der Waals surface area contributed by atoms with Gasteiger partial charge in [-0.3, -0.25) is 4.79 Å². The number of aryl methyl sites for hydroxylation is 1. The van der Waals surface area contributed by atoms with Crippen molar-refractivity contribution in [1.29, 1.82) is 0 Å². The third-order valence-corrected chi connectivity index (χ3v) is 7.10. The SMILES string of the molecule is Cc1ccc(-c2cc3cc(C(=O)Nc4ccc(C[N+](C)(C)C5CCOCC5)cc4)ccc3o2)cc1.[I-]. The van der Waals surface area contributed by atoms with Crippen molar-refractivity contribution in [1.82, 2.24) is 0 Å². The van der Waals surface area contributed by atoms with Crippen LogP contribution in [0.3, 0.4) is 0 Å². The summed E-state index contributed by atoms with van der Waals surface area (Å²) in [6.07, 6.45) is 2.21. The van der Waals surface area contributed by atoms with Crippen LogP contribution in [0, 0.1) is 6.92 Å². The lowest BCUT2D eigenvalue weighted by molar-refractivity contribution is -0.929. The topological polar surface area (TPSA) is 51.5 Å². The second kappa shape index (κ2) is 11.2. The van der Waals surface area contributed by atoms with E-state index in [1.807, 2.05) is 48.5 Å². The Hall–Kier alpha value is -2.68.